The molecule has 0 heterocycles. The molecule has 0 aromatic rings. The second-order valence-electron chi connectivity index (χ2n) is 6.27. The number of aliphatic hydroxyl groups excluding tert-OH is 1. The van der Waals surface area contributed by atoms with Crippen LogP contribution in [0.1, 0.15) is 46.5 Å². The van der Waals surface area contributed by atoms with Gasteiger partial charge in [0.1, 0.15) is 0 Å². The minimum absolute atomic E-state index is 0.0195. The summed E-state index contributed by atoms with van der Waals surface area (Å²) >= 11 is 0. The lowest BCUT2D eigenvalue weighted by Gasteiger charge is -2.43. The van der Waals surface area contributed by atoms with E-state index in [0.717, 1.165) is 19.3 Å². The predicted octanol–water partition coefficient (Wildman–Crippen LogP) is 1.74. The van der Waals surface area contributed by atoms with Crippen LogP contribution in [0.2, 0.25) is 0 Å². The molecule has 5 heteroatoms. The van der Waals surface area contributed by atoms with Gasteiger partial charge in [-0.3, -0.25) is 4.79 Å². The highest BCUT2D eigenvalue weighted by Gasteiger charge is 2.38. The molecule has 116 valence electrons. The molecule has 0 radical (unpaired) electrons. The van der Waals surface area contributed by atoms with Crippen LogP contribution in [0.15, 0.2) is 0 Å². The summed E-state index contributed by atoms with van der Waals surface area (Å²) < 4.78 is 0. The van der Waals surface area contributed by atoms with Crippen molar-refractivity contribution in [1.82, 2.24) is 4.90 Å². The molecule has 3 unspecified atom stereocenters. The van der Waals surface area contributed by atoms with Gasteiger partial charge in [-0.05, 0) is 37.0 Å². The van der Waals surface area contributed by atoms with Gasteiger partial charge in [-0.2, -0.15) is 0 Å². The van der Waals surface area contributed by atoms with E-state index in [4.69, 9.17) is 10.2 Å². The van der Waals surface area contributed by atoms with E-state index in [0.29, 0.717) is 30.7 Å². The van der Waals surface area contributed by atoms with Crippen LogP contribution < -0.4 is 0 Å². The van der Waals surface area contributed by atoms with Gasteiger partial charge < -0.3 is 15.1 Å². The van der Waals surface area contributed by atoms with Gasteiger partial charge in [-0.1, -0.05) is 27.2 Å². The summed E-state index contributed by atoms with van der Waals surface area (Å²) in [4.78, 5) is 24.5. The third kappa shape index (κ3) is 4.20. The third-order valence-corrected chi connectivity index (χ3v) is 4.39. The summed E-state index contributed by atoms with van der Waals surface area (Å²) in [6.45, 7) is 6.70. The molecule has 1 rings (SSSR count). The fourth-order valence-corrected chi connectivity index (χ4v) is 3.29. The van der Waals surface area contributed by atoms with Gasteiger partial charge in [-0.15, -0.1) is 0 Å². The Balaban J connectivity index is 2.94. The average Bonchev–Trinajstić information content (AvgIpc) is 2.38. The van der Waals surface area contributed by atoms with E-state index in [1.165, 1.54) is 4.90 Å². The Hall–Kier alpha value is -1.10. The highest BCUT2D eigenvalue weighted by molar-refractivity contribution is 6.31. The van der Waals surface area contributed by atoms with Crippen molar-refractivity contribution in [1.29, 1.82) is 0 Å². The Morgan fingerprint density at radius 3 is 2.45 bits per heavy atom. The average molecular weight is 285 g/mol. The maximum Gasteiger partial charge on any atom is 0.394 e. The van der Waals surface area contributed by atoms with Crippen LogP contribution >= 0.6 is 0 Å². The molecule has 0 bridgehead atoms. The smallest absolute Gasteiger partial charge is 0.394 e. The molecular formula is C15H27NO4. The number of hydrogen-bond acceptors (Lipinski definition) is 3. The lowest BCUT2D eigenvalue weighted by atomic mass is 9.73. The Morgan fingerprint density at radius 1 is 1.30 bits per heavy atom. The fraction of sp³-hybridized carbons (Fsp3) is 0.867. The summed E-state index contributed by atoms with van der Waals surface area (Å²) in [5.41, 5.74) is 0. The van der Waals surface area contributed by atoms with Gasteiger partial charge in [0, 0.05) is 19.2 Å². The van der Waals surface area contributed by atoms with Crippen molar-refractivity contribution in [3.8, 4) is 0 Å². The van der Waals surface area contributed by atoms with E-state index in [1.54, 1.807) is 0 Å². The monoisotopic (exact) mass is 285 g/mol. The molecule has 0 spiro atoms. The van der Waals surface area contributed by atoms with Crippen molar-refractivity contribution in [2.24, 2.45) is 17.8 Å². The zero-order valence-electron chi connectivity index (χ0n) is 12.7. The zero-order chi connectivity index (χ0) is 15.3. The molecular weight excluding hydrogens is 258 g/mol. The molecule has 0 aromatic carbocycles. The maximum atomic E-state index is 12.0. The maximum absolute atomic E-state index is 12.0. The zero-order valence-corrected chi connectivity index (χ0v) is 12.7. The minimum atomic E-state index is -1.40. The van der Waals surface area contributed by atoms with Gasteiger partial charge in [0.15, 0.2) is 0 Å². The van der Waals surface area contributed by atoms with Gasteiger partial charge in [-0.25, -0.2) is 4.79 Å². The first kappa shape index (κ1) is 17.0. The highest BCUT2D eigenvalue weighted by Crippen LogP contribution is 2.36. The van der Waals surface area contributed by atoms with Crippen molar-refractivity contribution < 1.29 is 19.8 Å². The number of carbonyl (C=O) groups is 2. The van der Waals surface area contributed by atoms with Crippen LogP contribution in [0, 0.1) is 17.8 Å². The van der Waals surface area contributed by atoms with Crippen LogP contribution in [0.3, 0.4) is 0 Å². The highest BCUT2D eigenvalue weighted by atomic mass is 16.4. The normalized spacial score (nSPS) is 26.6. The van der Waals surface area contributed by atoms with E-state index in [9.17, 15) is 9.59 Å². The van der Waals surface area contributed by atoms with E-state index >= 15 is 0 Å². The lowest BCUT2D eigenvalue weighted by Crippen LogP contribution is -2.51. The largest absolute Gasteiger partial charge is 0.474 e. The standard InChI is InChI=1S/C15H27NO4/c1-10(2)12-6-5-11(3)9-13(12)16(7-4-8-17)14(18)15(19)20/h10-13,17H,4-9H2,1-3H3,(H,19,20). The molecule has 1 aliphatic rings. The third-order valence-electron chi connectivity index (χ3n) is 4.39. The second-order valence-corrected chi connectivity index (χ2v) is 6.27. The quantitative estimate of drug-likeness (QED) is 0.754. The minimum Gasteiger partial charge on any atom is -0.474 e. The molecule has 5 nitrogen and oxygen atoms in total. The van der Waals surface area contributed by atoms with Gasteiger partial charge in [0.2, 0.25) is 0 Å². The first-order valence-electron chi connectivity index (χ1n) is 7.53. The molecule has 1 saturated carbocycles. The molecule has 2 N–H and O–H groups in total. The number of nitrogens with zero attached hydrogens (tertiary/aromatic N) is 1. The van der Waals surface area contributed by atoms with Crippen LogP contribution in [-0.2, 0) is 9.59 Å². The van der Waals surface area contributed by atoms with E-state index in [2.05, 4.69) is 20.8 Å². The summed E-state index contributed by atoms with van der Waals surface area (Å²) in [5.74, 6) is -0.959. The Morgan fingerprint density at radius 2 is 1.95 bits per heavy atom. The van der Waals surface area contributed by atoms with Crippen molar-refractivity contribution in [2.75, 3.05) is 13.2 Å². The van der Waals surface area contributed by atoms with Crippen LogP contribution in [0.25, 0.3) is 0 Å². The number of carbonyl (C=O) groups excluding carboxylic acids is 1. The topological polar surface area (TPSA) is 77.8 Å². The summed E-state index contributed by atoms with van der Waals surface area (Å²) in [5, 5.41) is 18.0. The van der Waals surface area contributed by atoms with Crippen LogP contribution in [-0.4, -0.2) is 46.2 Å². The molecule has 1 aliphatic carbocycles. The van der Waals surface area contributed by atoms with E-state index in [-0.39, 0.29) is 12.6 Å². The number of rotatable bonds is 5. The first-order chi connectivity index (χ1) is 9.38. The number of carboxylic acids is 1. The number of amides is 1. The molecule has 20 heavy (non-hydrogen) atoms. The molecule has 1 amide bonds. The Bertz CT molecular complexity index is 343. The van der Waals surface area contributed by atoms with E-state index in [1.807, 2.05) is 0 Å². The molecule has 3 atom stereocenters. The number of aliphatic carboxylic acids is 1. The van der Waals surface area contributed by atoms with Crippen molar-refractivity contribution in [3.05, 3.63) is 0 Å². The van der Waals surface area contributed by atoms with Crippen molar-refractivity contribution in [2.45, 2.75) is 52.5 Å². The molecule has 0 aliphatic heterocycles. The van der Waals surface area contributed by atoms with Crippen molar-refractivity contribution in [3.63, 3.8) is 0 Å². The molecule has 0 saturated heterocycles. The molecule has 1 fully saturated rings. The van der Waals surface area contributed by atoms with Gasteiger partial charge >= 0.3 is 11.9 Å². The summed E-state index contributed by atoms with van der Waals surface area (Å²) in [7, 11) is 0. The van der Waals surface area contributed by atoms with Crippen molar-refractivity contribution >= 4 is 11.9 Å². The summed E-state index contributed by atoms with van der Waals surface area (Å²) in [6, 6.07) is -0.0195. The lowest BCUT2D eigenvalue weighted by molar-refractivity contribution is -0.159. The SMILES string of the molecule is CC1CCC(C(C)C)C(N(CCCO)C(=O)C(=O)O)C1. The predicted molar refractivity (Wildman–Crippen MR) is 76.2 cm³/mol. The number of aliphatic hydroxyl groups is 1. The van der Waals surface area contributed by atoms with Crippen LogP contribution in [0.4, 0.5) is 0 Å². The summed E-state index contributed by atoms with van der Waals surface area (Å²) in [6.07, 6.45) is 3.45. The fourth-order valence-electron chi connectivity index (χ4n) is 3.29. The number of hydrogen-bond donors (Lipinski definition) is 2. The van der Waals surface area contributed by atoms with Gasteiger partial charge in [0.05, 0.1) is 0 Å². The Labute approximate surface area is 121 Å². The number of carboxylic acid groups (broad SMARTS) is 1. The van der Waals surface area contributed by atoms with Crippen LogP contribution in [0.5, 0.6) is 0 Å². The second kappa shape index (κ2) is 7.62. The first-order valence-corrected chi connectivity index (χ1v) is 7.53. The molecule has 0 aromatic heterocycles. The Kier molecular flexibility index (Phi) is 6.46. The van der Waals surface area contributed by atoms with E-state index < -0.39 is 11.9 Å². The van der Waals surface area contributed by atoms with Gasteiger partial charge in [0.25, 0.3) is 0 Å².